The van der Waals surface area contributed by atoms with Crippen molar-refractivity contribution in [3.63, 3.8) is 0 Å². The monoisotopic (exact) mass is 567 g/mol. The number of hydrogen-bond acceptors (Lipinski definition) is 5. The molecule has 0 radical (unpaired) electrons. The number of piperidine rings is 1. The molecule has 5 heterocycles. The first kappa shape index (κ1) is 26.5. The van der Waals surface area contributed by atoms with Crippen LogP contribution in [0.25, 0.3) is 5.65 Å². The van der Waals surface area contributed by atoms with E-state index in [1.165, 1.54) is 17.4 Å². The van der Waals surface area contributed by atoms with E-state index in [4.69, 9.17) is 0 Å². The van der Waals surface area contributed by atoms with E-state index in [0.717, 1.165) is 48.9 Å². The summed E-state index contributed by atoms with van der Waals surface area (Å²) in [6.07, 6.45) is 2.53. The zero-order valence-electron chi connectivity index (χ0n) is 21.7. The summed E-state index contributed by atoms with van der Waals surface area (Å²) in [4.78, 5) is 35.6. The third-order valence-corrected chi connectivity index (χ3v) is 8.56. The normalized spacial score (nSPS) is 16.2. The summed E-state index contributed by atoms with van der Waals surface area (Å²) in [5.74, 6) is -0.587. The lowest BCUT2D eigenvalue weighted by molar-refractivity contribution is -0.137. The molecule has 0 unspecified atom stereocenters. The predicted octanol–water partition coefficient (Wildman–Crippen LogP) is 5.85. The van der Waals surface area contributed by atoms with Crippen LogP contribution in [0.3, 0.4) is 0 Å². The molecule has 1 saturated heterocycles. The number of nitrogens with zero attached hydrogens (tertiary/aromatic N) is 4. The molecule has 0 aliphatic carbocycles. The number of imidazole rings is 1. The molecule has 4 aromatic rings. The first-order valence-electron chi connectivity index (χ1n) is 13.3. The first-order chi connectivity index (χ1) is 19.3. The van der Waals surface area contributed by atoms with Gasteiger partial charge in [-0.1, -0.05) is 12.5 Å². The number of hydrogen-bond donors (Lipinski definition) is 1. The topological polar surface area (TPSA) is 70.0 Å². The van der Waals surface area contributed by atoms with Crippen LogP contribution in [-0.2, 0) is 25.7 Å². The predicted molar refractivity (Wildman–Crippen MR) is 146 cm³/mol. The SMILES string of the molecule is O=C(Nc1cc(CN2CCCCC2)cc(C(F)(F)F)c1)c1csc2c1CCN(C(=O)c1cnc3ccccn13)C2. The lowest BCUT2D eigenvalue weighted by Gasteiger charge is -2.27. The van der Waals surface area contributed by atoms with Crippen molar-refractivity contribution in [2.24, 2.45) is 0 Å². The van der Waals surface area contributed by atoms with Crippen LogP contribution in [-0.4, -0.2) is 50.6 Å². The summed E-state index contributed by atoms with van der Waals surface area (Å²) in [5, 5.41) is 4.44. The molecule has 7 nitrogen and oxygen atoms in total. The molecule has 3 aromatic heterocycles. The second-order valence-electron chi connectivity index (χ2n) is 10.3. The zero-order valence-corrected chi connectivity index (χ0v) is 22.5. The largest absolute Gasteiger partial charge is 0.416 e. The number of rotatable bonds is 5. The van der Waals surface area contributed by atoms with Crippen LogP contribution in [0.5, 0.6) is 0 Å². The van der Waals surface area contributed by atoms with E-state index in [2.05, 4.69) is 15.2 Å². The molecule has 1 fully saturated rings. The number of aromatic nitrogens is 2. The number of fused-ring (bicyclic) bond motifs is 2. The van der Waals surface area contributed by atoms with Gasteiger partial charge in [0.25, 0.3) is 11.8 Å². The quantitative estimate of drug-likeness (QED) is 0.329. The van der Waals surface area contributed by atoms with Gasteiger partial charge >= 0.3 is 6.18 Å². The van der Waals surface area contributed by atoms with E-state index >= 15 is 0 Å². The molecule has 1 N–H and O–H groups in total. The fraction of sp³-hybridized carbons (Fsp3) is 0.345. The number of thiophene rings is 1. The van der Waals surface area contributed by atoms with Crippen LogP contribution in [0.15, 0.2) is 54.2 Å². The van der Waals surface area contributed by atoms with Gasteiger partial charge in [-0.2, -0.15) is 13.2 Å². The van der Waals surface area contributed by atoms with Gasteiger partial charge in [0.05, 0.1) is 23.9 Å². The van der Waals surface area contributed by atoms with Gasteiger partial charge in [-0.05, 0) is 73.8 Å². The first-order valence-corrected chi connectivity index (χ1v) is 14.2. The van der Waals surface area contributed by atoms with Crippen molar-refractivity contribution in [3.05, 3.63) is 87.0 Å². The molecule has 40 heavy (non-hydrogen) atoms. The van der Waals surface area contributed by atoms with Crippen molar-refractivity contribution in [3.8, 4) is 0 Å². The fourth-order valence-electron chi connectivity index (χ4n) is 5.54. The zero-order chi connectivity index (χ0) is 27.9. The maximum absolute atomic E-state index is 13.7. The van der Waals surface area contributed by atoms with Crippen molar-refractivity contribution in [2.75, 3.05) is 25.0 Å². The maximum atomic E-state index is 13.7. The number of alkyl halides is 3. The molecular weight excluding hydrogens is 539 g/mol. The van der Waals surface area contributed by atoms with Crippen molar-refractivity contribution in [1.29, 1.82) is 0 Å². The highest BCUT2D eigenvalue weighted by molar-refractivity contribution is 7.10. The van der Waals surface area contributed by atoms with Crippen LogP contribution in [0.1, 0.15) is 61.7 Å². The van der Waals surface area contributed by atoms with Gasteiger partial charge in [0.2, 0.25) is 0 Å². The van der Waals surface area contributed by atoms with Crippen LogP contribution < -0.4 is 5.32 Å². The molecule has 2 amide bonds. The highest BCUT2D eigenvalue weighted by Crippen LogP contribution is 2.34. The Hall–Kier alpha value is -3.70. The Kier molecular flexibility index (Phi) is 7.09. The van der Waals surface area contributed by atoms with Crippen LogP contribution in [0, 0.1) is 0 Å². The molecule has 1 aromatic carbocycles. The number of pyridine rings is 1. The number of carbonyl (C=O) groups excluding carboxylic acids is 2. The molecule has 11 heteroatoms. The number of amides is 2. The van der Waals surface area contributed by atoms with E-state index in [1.54, 1.807) is 33.1 Å². The van der Waals surface area contributed by atoms with Gasteiger partial charge in [-0.25, -0.2) is 4.98 Å². The number of benzene rings is 1. The van der Waals surface area contributed by atoms with E-state index in [9.17, 15) is 22.8 Å². The molecular formula is C29H28F3N5O2S. The van der Waals surface area contributed by atoms with Gasteiger partial charge in [0.15, 0.2) is 0 Å². The second-order valence-corrected chi connectivity index (χ2v) is 11.3. The van der Waals surface area contributed by atoms with Gasteiger partial charge in [-0.15, -0.1) is 11.3 Å². The average molecular weight is 568 g/mol. The number of halogens is 3. The van der Waals surface area contributed by atoms with Gasteiger partial charge in [0.1, 0.15) is 11.3 Å². The van der Waals surface area contributed by atoms with Crippen molar-refractivity contribution < 1.29 is 22.8 Å². The van der Waals surface area contributed by atoms with Gasteiger partial charge in [0, 0.05) is 35.2 Å². The highest BCUT2D eigenvalue weighted by Gasteiger charge is 2.32. The van der Waals surface area contributed by atoms with Crippen LogP contribution in [0.4, 0.5) is 18.9 Å². The Morgan fingerprint density at radius 2 is 1.88 bits per heavy atom. The molecule has 2 aliphatic rings. The molecule has 208 valence electrons. The average Bonchev–Trinajstić information content (AvgIpc) is 3.57. The van der Waals surface area contributed by atoms with Crippen molar-refractivity contribution in [2.45, 2.75) is 44.9 Å². The Morgan fingerprint density at radius 3 is 2.67 bits per heavy atom. The Morgan fingerprint density at radius 1 is 1.05 bits per heavy atom. The summed E-state index contributed by atoms with van der Waals surface area (Å²) >= 11 is 1.38. The lowest BCUT2D eigenvalue weighted by atomic mass is 10.0. The molecule has 2 aliphatic heterocycles. The van der Waals surface area contributed by atoms with Crippen LogP contribution >= 0.6 is 11.3 Å². The summed E-state index contributed by atoms with van der Waals surface area (Å²) < 4.78 is 42.8. The standard InChI is InChI=1S/C29H28F3N5O2S/c30-29(31,32)20-12-19(16-35-8-3-1-4-9-35)13-21(14-20)34-27(38)23-18-40-25-17-36(11-7-22(23)25)28(39)24-15-33-26-6-2-5-10-37(24)26/h2,5-6,10,12-15,18H,1,3-4,7-9,11,16-17H2,(H,34,38). The van der Waals surface area contributed by atoms with Gasteiger partial charge < -0.3 is 10.2 Å². The maximum Gasteiger partial charge on any atom is 0.416 e. The van der Waals surface area contributed by atoms with Gasteiger partial charge in [-0.3, -0.25) is 18.9 Å². The summed E-state index contributed by atoms with van der Waals surface area (Å²) in [5.41, 5.74) is 2.33. The van der Waals surface area contributed by atoms with Crippen molar-refractivity contribution >= 4 is 34.5 Å². The minimum atomic E-state index is -4.52. The number of nitrogens with one attached hydrogen (secondary N) is 1. The summed E-state index contributed by atoms with van der Waals surface area (Å²) in [6.45, 7) is 2.91. The summed E-state index contributed by atoms with van der Waals surface area (Å²) in [7, 11) is 0. The third kappa shape index (κ3) is 5.35. The smallest absolute Gasteiger partial charge is 0.332 e. The highest BCUT2D eigenvalue weighted by atomic mass is 32.1. The second kappa shape index (κ2) is 10.7. The molecule has 0 atom stereocenters. The van der Waals surface area contributed by atoms with E-state index in [-0.39, 0.29) is 11.6 Å². The Labute approximate surface area is 233 Å². The fourth-order valence-corrected chi connectivity index (χ4v) is 6.63. The molecule has 0 spiro atoms. The lowest BCUT2D eigenvalue weighted by Crippen LogP contribution is -2.36. The van der Waals surface area contributed by atoms with E-state index < -0.39 is 17.6 Å². The minimum absolute atomic E-state index is 0.131. The number of likely N-dealkylation sites (tertiary alicyclic amines) is 1. The van der Waals surface area contributed by atoms with Crippen LogP contribution in [0.2, 0.25) is 0 Å². The number of carbonyl (C=O) groups is 2. The molecule has 6 rings (SSSR count). The Bertz CT molecular complexity index is 1570. The van der Waals surface area contributed by atoms with Crippen molar-refractivity contribution in [1.82, 2.24) is 19.2 Å². The Balaban J connectivity index is 1.19. The molecule has 0 bridgehead atoms. The minimum Gasteiger partial charge on any atom is -0.332 e. The molecule has 0 saturated carbocycles. The van der Waals surface area contributed by atoms with E-state index in [0.29, 0.717) is 48.5 Å². The number of anilines is 1. The van der Waals surface area contributed by atoms with E-state index in [1.807, 2.05) is 18.2 Å². The summed E-state index contributed by atoms with van der Waals surface area (Å²) in [6, 6.07) is 9.33. The third-order valence-electron chi connectivity index (χ3n) is 7.55.